The molecular weight excluding hydrogens is 332 g/mol. The molecule has 0 unspecified atom stereocenters. The molecule has 0 amide bonds. The lowest BCUT2D eigenvalue weighted by molar-refractivity contribution is 0.686. The number of anilines is 2. The SMILES string of the molecule is CSc1ccc(Cn2cc(Cc3cc(C)nc(NN)c3N)cn2)cc1. The summed E-state index contributed by atoms with van der Waals surface area (Å²) in [5.41, 5.74) is 13.4. The minimum Gasteiger partial charge on any atom is -0.395 e. The molecule has 0 bridgehead atoms. The van der Waals surface area contributed by atoms with Gasteiger partial charge in [0.25, 0.3) is 0 Å². The molecule has 0 fully saturated rings. The predicted octanol–water partition coefficient (Wildman–Crippen LogP) is 2.82. The van der Waals surface area contributed by atoms with E-state index < -0.39 is 0 Å². The monoisotopic (exact) mass is 354 g/mol. The Labute approximate surface area is 151 Å². The number of nitrogens with two attached hydrogens (primary N) is 2. The first kappa shape index (κ1) is 17.3. The Bertz CT molecular complexity index is 857. The Kier molecular flexibility index (Phi) is 5.25. The third-order valence-electron chi connectivity index (χ3n) is 3.99. The fraction of sp³-hybridized carbons (Fsp3) is 0.222. The molecule has 25 heavy (non-hydrogen) atoms. The highest BCUT2D eigenvalue weighted by Crippen LogP contribution is 2.23. The first-order chi connectivity index (χ1) is 12.1. The van der Waals surface area contributed by atoms with Gasteiger partial charge in [0.15, 0.2) is 5.82 Å². The van der Waals surface area contributed by atoms with Gasteiger partial charge in [-0.2, -0.15) is 5.10 Å². The Morgan fingerprint density at radius 2 is 1.96 bits per heavy atom. The van der Waals surface area contributed by atoms with Crippen LogP contribution >= 0.6 is 11.8 Å². The number of rotatable bonds is 6. The van der Waals surface area contributed by atoms with Gasteiger partial charge in [0.05, 0.1) is 18.4 Å². The van der Waals surface area contributed by atoms with Crippen molar-refractivity contribution in [2.24, 2.45) is 5.84 Å². The lowest BCUT2D eigenvalue weighted by atomic mass is 10.1. The number of nitrogen functional groups attached to an aromatic ring is 2. The first-order valence-electron chi connectivity index (χ1n) is 7.96. The number of benzene rings is 1. The van der Waals surface area contributed by atoms with Gasteiger partial charge in [-0.15, -0.1) is 11.8 Å². The standard InChI is InChI=1S/C18H22N6S/c1-12-7-15(17(19)18(22-12)23-20)8-14-9-21-24(11-14)10-13-3-5-16(25-2)6-4-13/h3-7,9,11H,8,10,19-20H2,1-2H3,(H,22,23). The highest BCUT2D eigenvalue weighted by Gasteiger charge is 2.10. The zero-order valence-electron chi connectivity index (χ0n) is 14.4. The number of hydrogen-bond acceptors (Lipinski definition) is 6. The minimum atomic E-state index is 0.510. The van der Waals surface area contributed by atoms with Crippen molar-refractivity contribution < 1.29 is 0 Å². The number of hydrazine groups is 1. The van der Waals surface area contributed by atoms with Crippen LogP contribution in [0.2, 0.25) is 0 Å². The van der Waals surface area contributed by atoms with Crippen LogP contribution in [0.1, 0.15) is 22.4 Å². The van der Waals surface area contributed by atoms with Gasteiger partial charge < -0.3 is 11.2 Å². The van der Waals surface area contributed by atoms with Crippen LogP contribution in [0.3, 0.4) is 0 Å². The van der Waals surface area contributed by atoms with E-state index in [1.54, 1.807) is 11.8 Å². The molecule has 0 aliphatic carbocycles. The molecule has 2 heterocycles. The zero-order valence-corrected chi connectivity index (χ0v) is 15.2. The van der Waals surface area contributed by atoms with E-state index in [1.807, 2.05) is 30.1 Å². The van der Waals surface area contributed by atoms with E-state index in [0.717, 1.165) is 23.4 Å². The third-order valence-corrected chi connectivity index (χ3v) is 4.74. The summed E-state index contributed by atoms with van der Waals surface area (Å²) in [5.74, 6) is 5.99. The van der Waals surface area contributed by atoms with Crippen molar-refractivity contribution in [1.29, 1.82) is 0 Å². The lowest BCUT2D eigenvalue weighted by Gasteiger charge is -2.10. The normalized spacial score (nSPS) is 10.8. The van der Waals surface area contributed by atoms with Gasteiger partial charge in [-0.25, -0.2) is 10.8 Å². The van der Waals surface area contributed by atoms with Gasteiger partial charge in [-0.05, 0) is 48.1 Å². The van der Waals surface area contributed by atoms with Crippen molar-refractivity contribution in [3.8, 4) is 0 Å². The number of nitrogens with one attached hydrogen (secondary N) is 1. The maximum Gasteiger partial charge on any atom is 0.163 e. The van der Waals surface area contributed by atoms with E-state index in [1.165, 1.54) is 10.5 Å². The summed E-state index contributed by atoms with van der Waals surface area (Å²) >= 11 is 1.74. The second kappa shape index (κ2) is 7.58. The molecule has 0 saturated heterocycles. The summed E-state index contributed by atoms with van der Waals surface area (Å²) in [6.45, 7) is 2.67. The topological polar surface area (TPSA) is 94.8 Å². The average Bonchev–Trinajstić information content (AvgIpc) is 3.05. The number of hydrogen-bond donors (Lipinski definition) is 3. The molecule has 0 radical (unpaired) electrons. The molecule has 0 aliphatic rings. The van der Waals surface area contributed by atoms with E-state index in [9.17, 15) is 0 Å². The molecule has 3 rings (SSSR count). The van der Waals surface area contributed by atoms with Crippen LogP contribution in [0.5, 0.6) is 0 Å². The Morgan fingerprint density at radius 3 is 2.64 bits per heavy atom. The van der Waals surface area contributed by atoms with E-state index >= 15 is 0 Å². The second-order valence-corrected chi connectivity index (χ2v) is 6.78. The quantitative estimate of drug-likeness (QED) is 0.358. The van der Waals surface area contributed by atoms with Crippen molar-refractivity contribution in [3.05, 3.63) is 65.1 Å². The van der Waals surface area contributed by atoms with Gasteiger partial charge in [0.2, 0.25) is 0 Å². The molecule has 0 aliphatic heterocycles. The van der Waals surface area contributed by atoms with Crippen LogP contribution < -0.4 is 17.0 Å². The van der Waals surface area contributed by atoms with Gasteiger partial charge in [0, 0.05) is 23.2 Å². The molecule has 0 saturated carbocycles. The minimum absolute atomic E-state index is 0.510. The number of aryl methyl sites for hydroxylation is 1. The molecule has 1 aromatic carbocycles. The smallest absolute Gasteiger partial charge is 0.163 e. The first-order valence-corrected chi connectivity index (χ1v) is 9.18. The summed E-state index contributed by atoms with van der Waals surface area (Å²) in [6, 6.07) is 10.5. The van der Waals surface area contributed by atoms with Crippen LogP contribution in [0.4, 0.5) is 11.5 Å². The van der Waals surface area contributed by atoms with Gasteiger partial charge >= 0.3 is 0 Å². The van der Waals surface area contributed by atoms with E-state index in [2.05, 4.69) is 46.0 Å². The molecule has 0 spiro atoms. The van der Waals surface area contributed by atoms with E-state index in [4.69, 9.17) is 11.6 Å². The van der Waals surface area contributed by atoms with Crippen LogP contribution in [0, 0.1) is 6.92 Å². The number of pyridine rings is 1. The lowest BCUT2D eigenvalue weighted by Crippen LogP contribution is -2.13. The summed E-state index contributed by atoms with van der Waals surface area (Å²) in [6.07, 6.45) is 6.69. The van der Waals surface area contributed by atoms with Crippen LogP contribution in [0.25, 0.3) is 0 Å². The maximum atomic E-state index is 6.13. The zero-order chi connectivity index (χ0) is 17.8. The second-order valence-electron chi connectivity index (χ2n) is 5.90. The average molecular weight is 354 g/mol. The summed E-state index contributed by atoms with van der Waals surface area (Å²) in [5, 5.41) is 4.46. The van der Waals surface area contributed by atoms with Crippen molar-refractivity contribution in [1.82, 2.24) is 14.8 Å². The van der Waals surface area contributed by atoms with Gasteiger partial charge in [0.1, 0.15) is 0 Å². The molecule has 3 aromatic rings. The number of thioether (sulfide) groups is 1. The molecule has 6 nitrogen and oxygen atoms in total. The predicted molar refractivity (Wildman–Crippen MR) is 104 cm³/mol. The Hall–Kier alpha value is -2.51. The molecule has 5 N–H and O–H groups in total. The fourth-order valence-electron chi connectivity index (χ4n) is 2.73. The van der Waals surface area contributed by atoms with Crippen LogP contribution in [-0.4, -0.2) is 21.0 Å². The summed E-state index contributed by atoms with van der Waals surface area (Å²) in [7, 11) is 0. The number of aromatic nitrogens is 3. The Morgan fingerprint density at radius 1 is 1.20 bits per heavy atom. The molecular formula is C18H22N6S. The number of nitrogens with zero attached hydrogens (tertiary/aromatic N) is 3. The van der Waals surface area contributed by atoms with Crippen molar-refractivity contribution in [2.45, 2.75) is 24.8 Å². The molecule has 0 atom stereocenters. The highest BCUT2D eigenvalue weighted by atomic mass is 32.2. The molecule has 7 heteroatoms. The van der Waals surface area contributed by atoms with E-state index in [0.29, 0.717) is 17.9 Å². The third kappa shape index (κ3) is 4.12. The Balaban J connectivity index is 1.74. The largest absolute Gasteiger partial charge is 0.395 e. The molecule has 2 aromatic heterocycles. The van der Waals surface area contributed by atoms with E-state index in [-0.39, 0.29) is 0 Å². The van der Waals surface area contributed by atoms with Crippen molar-refractivity contribution in [2.75, 3.05) is 17.4 Å². The van der Waals surface area contributed by atoms with Gasteiger partial charge in [-0.1, -0.05) is 12.1 Å². The fourth-order valence-corrected chi connectivity index (χ4v) is 3.14. The summed E-state index contributed by atoms with van der Waals surface area (Å²) < 4.78 is 1.94. The molecule has 130 valence electrons. The van der Waals surface area contributed by atoms with Crippen LogP contribution in [0.15, 0.2) is 47.6 Å². The van der Waals surface area contributed by atoms with Crippen molar-refractivity contribution >= 4 is 23.3 Å². The maximum absolute atomic E-state index is 6.13. The summed E-state index contributed by atoms with van der Waals surface area (Å²) in [4.78, 5) is 5.55. The van der Waals surface area contributed by atoms with Crippen molar-refractivity contribution in [3.63, 3.8) is 0 Å². The van der Waals surface area contributed by atoms with Crippen LogP contribution in [-0.2, 0) is 13.0 Å². The highest BCUT2D eigenvalue weighted by molar-refractivity contribution is 7.98. The van der Waals surface area contributed by atoms with Gasteiger partial charge in [-0.3, -0.25) is 4.68 Å².